The molecule has 0 amide bonds. The molecule has 0 saturated heterocycles. The summed E-state index contributed by atoms with van der Waals surface area (Å²) in [6.45, 7) is 15.0. The SMILES string of the molecule is C=CC(C)(C)Oc1cc(C(=O)OC)cc(OC(C)(C)C=C)c1Br. The van der Waals surface area contributed by atoms with Crippen LogP contribution in [0.15, 0.2) is 41.9 Å². The van der Waals surface area contributed by atoms with Gasteiger partial charge in [0.05, 0.1) is 12.7 Å². The molecule has 0 unspecified atom stereocenters. The van der Waals surface area contributed by atoms with Gasteiger partial charge in [-0.15, -0.1) is 0 Å². The molecule has 0 aliphatic rings. The van der Waals surface area contributed by atoms with Crippen molar-refractivity contribution < 1.29 is 19.0 Å². The molecule has 4 nitrogen and oxygen atoms in total. The number of carbonyl (C=O) groups is 1. The second kappa shape index (κ2) is 7.21. The summed E-state index contributed by atoms with van der Waals surface area (Å²) in [4.78, 5) is 11.9. The smallest absolute Gasteiger partial charge is 0.338 e. The molecule has 1 aromatic carbocycles. The third-order valence-electron chi connectivity index (χ3n) is 3.16. The maximum absolute atomic E-state index is 11.9. The fourth-order valence-corrected chi connectivity index (χ4v) is 2.00. The number of halogens is 1. The van der Waals surface area contributed by atoms with Gasteiger partial charge in [-0.25, -0.2) is 4.79 Å². The summed E-state index contributed by atoms with van der Waals surface area (Å²) in [5, 5.41) is 0. The van der Waals surface area contributed by atoms with Gasteiger partial charge in [0, 0.05) is 0 Å². The molecule has 0 heterocycles. The average Bonchev–Trinajstić information content (AvgIpc) is 2.49. The predicted octanol–water partition coefficient (Wildman–Crippen LogP) is 4.92. The Bertz CT molecular complexity index is 574. The largest absolute Gasteiger partial charge is 0.482 e. The molecule has 0 spiro atoms. The van der Waals surface area contributed by atoms with Crippen molar-refractivity contribution in [2.45, 2.75) is 38.9 Å². The number of hydrogen-bond donors (Lipinski definition) is 0. The molecule has 0 radical (unpaired) electrons. The molecule has 0 saturated carbocycles. The first kappa shape index (κ1) is 19.3. The molecule has 0 bridgehead atoms. The van der Waals surface area contributed by atoms with Crippen LogP contribution >= 0.6 is 15.9 Å². The zero-order valence-corrected chi connectivity index (χ0v) is 15.8. The van der Waals surface area contributed by atoms with E-state index in [1.807, 2.05) is 27.7 Å². The highest BCUT2D eigenvalue weighted by atomic mass is 79.9. The van der Waals surface area contributed by atoms with Gasteiger partial charge in [0.2, 0.25) is 0 Å². The summed E-state index contributed by atoms with van der Waals surface area (Å²) in [6.07, 6.45) is 3.36. The van der Waals surface area contributed by atoms with Crippen LogP contribution in [0.1, 0.15) is 38.1 Å². The topological polar surface area (TPSA) is 44.8 Å². The van der Waals surface area contributed by atoms with E-state index in [0.29, 0.717) is 21.5 Å². The molecule has 0 atom stereocenters. The van der Waals surface area contributed by atoms with Gasteiger partial charge in [-0.1, -0.05) is 13.2 Å². The molecule has 0 aliphatic heterocycles. The Labute approximate surface area is 146 Å². The Balaban J connectivity index is 3.42. The van der Waals surface area contributed by atoms with Crippen LogP contribution in [0.3, 0.4) is 0 Å². The van der Waals surface area contributed by atoms with Crippen LogP contribution in [0, 0.1) is 0 Å². The zero-order chi connectivity index (χ0) is 17.8. The molecule has 0 aliphatic carbocycles. The normalized spacial score (nSPS) is 11.6. The molecule has 23 heavy (non-hydrogen) atoms. The zero-order valence-electron chi connectivity index (χ0n) is 14.2. The molecule has 0 N–H and O–H groups in total. The number of carbonyl (C=O) groups excluding carboxylic acids is 1. The first-order valence-electron chi connectivity index (χ1n) is 7.12. The fraction of sp³-hybridized carbons (Fsp3) is 0.389. The maximum atomic E-state index is 11.9. The molecule has 1 rings (SSSR count). The standard InChI is InChI=1S/C18H23BrO4/c1-8-17(3,4)22-13-10-12(16(20)21-7)11-14(15(13)19)23-18(5,6)9-2/h8-11H,1-2H2,3-7H3. The Hall–Kier alpha value is -1.75. The lowest BCUT2D eigenvalue weighted by Gasteiger charge is -2.27. The highest BCUT2D eigenvalue weighted by Gasteiger charge is 2.24. The Kier molecular flexibility index (Phi) is 6.05. The van der Waals surface area contributed by atoms with E-state index >= 15 is 0 Å². The van der Waals surface area contributed by atoms with Crippen LogP contribution in [0.5, 0.6) is 11.5 Å². The van der Waals surface area contributed by atoms with E-state index in [4.69, 9.17) is 14.2 Å². The van der Waals surface area contributed by atoms with Crippen molar-refractivity contribution in [1.29, 1.82) is 0 Å². The van der Waals surface area contributed by atoms with Crippen LogP contribution in [0.4, 0.5) is 0 Å². The van der Waals surface area contributed by atoms with Crippen LogP contribution in [0.2, 0.25) is 0 Å². The van der Waals surface area contributed by atoms with E-state index in [1.165, 1.54) is 7.11 Å². The highest BCUT2D eigenvalue weighted by Crippen LogP contribution is 2.39. The predicted molar refractivity (Wildman–Crippen MR) is 95.3 cm³/mol. The summed E-state index contributed by atoms with van der Waals surface area (Å²) in [7, 11) is 1.33. The van der Waals surface area contributed by atoms with Crippen molar-refractivity contribution in [1.82, 2.24) is 0 Å². The van der Waals surface area contributed by atoms with E-state index < -0.39 is 17.2 Å². The summed E-state index contributed by atoms with van der Waals surface area (Å²) in [5.41, 5.74) is -0.884. The molecular formula is C18H23BrO4. The number of methoxy groups -OCH3 is 1. The average molecular weight is 383 g/mol. The molecule has 0 fully saturated rings. The minimum Gasteiger partial charge on any atom is -0.482 e. The minimum atomic E-state index is -0.609. The molecule has 5 heteroatoms. The van der Waals surface area contributed by atoms with Crippen molar-refractivity contribution in [3.05, 3.63) is 47.5 Å². The number of esters is 1. The monoisotopic (exact) mass is 382 g/mol. The summed E-state index contributed by atoms with van der Waals surface area (Å²) in [5.74, 6) is 0.459. The first-order valence-corrected chi connectivity index (χ1v) is 7.91. The van der Waals surface area contributed by atoms with E-state index in [-0.39, 0.29) is 0 Å². The van der Waals surface area contributed by atoms with E-state index in [1.54, 1.807) is 24.3 Å². The number of hydrogen-bond acceptors (Lipinski definition) is 4. The van der Waals surface area contributed by atoms with E-state index in [2.05, 4.69) is 29.1 Å². The fourth-order valence-electron chi connectivity index (χ4n) is 1.61. The second-order valence-corrected chi connectivity index (χ2v) is 6.89. The van der Waals surface area contributed by atoms with Gasteiger partial charge in [-0.05, 0) is 67.9 Å². The van der Waals surface area contributed by atoms with Gasteiger partial charge < -0.3 is 14.2 Å². The maximum Gasteiger partial charge on any atom is 0.338 e. The molecular weight excluding hydrogens is 360 g/mol. The summed E-state index contributed by atoms with van der Waals surface area (Å²) < 4.78 is 17.3. The van der Waals surface area contributed by atoms with Crippen LogP contribution in [-0.2, 0) is 4.74 Å². The minimum absolute atomic E-state index is 0.334. The Morgan fingerprint density at radius 3 is 1.74 bits per heavy atom. The van der Waals surface area contributed by atoms with Gasteiger partial charge in [-0.3, -0.25) is 0 Å². The van der Waals surface area contributed by atoms with Crippen molar-refractivity contribution >= 4 is 21.9 Å². The van der Waals surface area contributed by atoms with Gasteiger partial charge in [0.25, 0.3) is 0 Å². The van der Waals surface area contributed by atoms with Crippen LogP contribution in [0.25, 0.3) is 0 Å². The van der Waals surface area contributed by atoms with Gasteiger partial charge in [0.1, 0.15) is 27.2 Å². The van der Waals surface area contributed by atoms with Crippen molar-refractivity contribution in [3.8, 4) is 11.5 Å². The lowest BCUT2D eigenvalue weighted by molar-refractivity contribution is 0.0597. The number of rotatable bonds is 7. The van der Waals surface area contributed by atoms with Crippen molar-refractivity contribution in [3.63, 3.8) is 0 Å². The molecule has 0 aromatic heterocycles. The Morgan fingerprint density at radius 2 is 1.43 bits per heavy atom. The van der Waals surface area contributed by atoms with Crippen LogP contribution < -0.4 is 9.47 Å². The van der Waals surface area contributed by atoms with Gasteiger partial charge in [0.15, 0.2) is 0 Å². The van der Waals surface area contributed by atoms with Gasteiger partial charge >= 0.3 is 5.97 Å². The highest BCUT2D eigenvalue weighted by molar-refractivity contribution is 9.10. The van der Waals surface area contributed by atoms with Gasteiger partial charge in [-0.2, -0.15) is 0 Å². The third kappa shape index (κ3) is 5.13. The van der Waals surface area contributed by atoms with E-state index in [9.17, 15) is 4.79 Å². The lowest BCUT2D eigenvalue weighted by atomic mass is 10.1. The van der Waals surface area contributed by atoms with Crippen molar-refractivity contribution in [2.75, 3.05) is 7.11 Å². The molecule has 1 aromatic rings. The Morgan fingerprint density at radius 1 is 1.04 bits per heavy atom. The number of ether oxygens (including phenoxy) is 3. The van der Waals surface area contributed by atoms with E-state index in [0.717, 1.165) is 0 Å². The molecule has 126 valence electrons. The summed E-state index contributed by atoms with van der Waals surface area (Å²) in [6, 6.07) is 3.21. The quantitative estimate of drug-likeness (QED) is 0.495. The van der Waals surface area contributed by atoms with Crippen molar-refractivity contribution in [2.24, 2.45) is 0 Å². The third-order valence-corrected chi connectivity index (χ3v) is 3.94. The number of benzene rings is 1. The lowest BCUT2D eigenvalue weighted by Crippen LogP contribution is -2.27. The summed E-state index contributed by atoms with van der Waals surface area (Å²) >= 11 is 3.48. The second-order valence-electron chi connectivity index (χ2n) is 6.10. The van der Waals surface area contributed by atoms with Crippen LogP contribution in [-0.4, -0.2) is 24.3 Å². The first-order chi connectivity index (χ1) is 10.5.